The van der Waals surface area contributed by atoms with Crippen molar-refractivity contribution in [3.05, 3.63) is 59.0 Å². The van der Waals surface area contributed by atoms with Gasteiger partial charge in [0.1, 0.15) is 0 Å². The highest BCUT2D eigenvalue weighted by molar-refractivity contribution is 7.07. The standard InChI is InChI=1S/C15H15N3S/c16-15-4-2-1-3-14(15)13-9-17-18(10-13)7-5-12-6-8-19-11-12/h1-4,6,8-11H,5,7,16H2. The first-order valence-corrected chi connectivity index (χ1v) is 7.15. The Labute approximate surface area is 116 Å². The lowest BCUT2D eigenvalue weighted by atomic mass is 10.1. The highest BCUT2D eigenvalue weighted by Gasteiger charge is 2.05. The summed E-state index contributed by atoms with van der Waals surface area (Å²) in [4.78, 5) is 0. The number of benzene rings is 1. The molecule has 2 heterocycles. The minimum atomic E-state index is 0.792. The van der Waals surface area contributed by atoms with Crippen LogP contribution in [0.2, 0.25) is 0 Å². The lowest BCUT2D eigenvalue weighted by molar-refractivity contribution is 0.616. The molecule has 0 radical (unpaired) electrons. The van der Waals surface area contributed by atoms with E-state index in [1.807, 2.05) is 35.1 Å². The maximum absolute atomic E-state index is 5.98. The van der Waals surface area contributed by atoms with E-state index >= 15 is 0 Å². The van der Waals surface area contributed by atoms with Crippen molar-refractivity contribution < 1.29 is 0 Å². The van der Waals surface area contributed by atoms with Crippen LogP contribution in [-0.4, -0.2) is 9.78 Å². The molecule has 0 aliphatic rings. The Bertz CT molecular complexity index is 656. The van der Waals surface area contributed by atoms with Gasteiger partial charge in [0.15, 0.2) is 0 Å². The molecule has 1 aromatic carbocycles. The van der Waals surface area contributed by atoms with E-state index < -0.39 is 0 Å². The molecule has 0 amide bonds. The van der Waals surface area contributed by atoms with Gasteiger partial charge in [0.25, 0.3) is 0 Å². The molecule has 0 aliphatic heterocycles. The fourth-order valence-corrected chi connectivity index (χ4v) is 2.77. The van der Waals surface area contributed by atoms with Crippen molar-refractivity contribution in [2.45, 2.75) is 13.0 Å². The van der Waals surface area contributed by atoms with Crippen LogP contribution in [0.15, 0.2) is 53.5 Å². The van der Waals surface area contributed by atoms with E-state index in [-0.39, 0.29) is 0 Å². The molecule has 0 spiro atoms. The van der Waals surface area contributed by atoms with Crippen LogP contribution in [0.25, 0.3) is 11.1 Å². The number of nitrogen functional groups attached to an aromatic ring is 1. The molecule has 0 saturated heterocycles. The summed E-state index contributed by atoms with van der Waals surface area (Å²) in [5.74, 6) is 0. The predicted molar refractivity (Wildman–Crippen MR) is 80.1 cm³/mol. The minimum absolute atomic E-state index is 0.792. The highest BCUT2D eigenvalue weighted by Crippen LogP contribution is 2.24. The van der Waals surface area contributed by atoms with Gasteiger partial charge in [-0.2, -0.15) is 16.4 Å². The van der Waals surface area contributed by atoms with E-state index in [0.717, 1.165) is 29.8 Å². The summed E-state index contributed by atoms with van der Waals surface area (Å²) in [5.41, 5.74) is 10.2. The Morgan fingerprint density at radius 3 is 2.89 bits per heavy atom. The molecular weight excluding hydrogens is 254 g/mol. The SMILES string of the molecule is Nc1ccccc1-c1cnn(CCc2ccsc2)c1. The van der Waals surface area contributed by atoms with Crippen LogP contribution in [0.4, 0.5) is 5.69 Å². The summed E-state index contributed by atoms with van der Waals surface area (Å²) in [5, 5.41) is 8.68. The average Bonchev–Trinajstić information content (AvgIpc) is 3.08. The number of nitrogens with zero attached hydrogens (tertiary/aromatic N) is 2. The van der Waals surface area contributed by atoms with Gasteiger partial charge in [-0.1, -0.05) is 18.2 Å². The fraction of sp³-hybridized carbons (Fsp3) is 0.133. The predicted octanol–water partition coefficient (Wildman–Crippen LogP) is 3.44. The first kappa shape index (κ1) is 12.0. The molecule has 96 valence electrons. The molecule has 3 aromatic rings. The second-order valence-electron chi connectivity index (χ2n) is 4.46. The van der Waals surface area contributed by atoms with Crippen LogP contribution in [0.1, 0.15) is 5.56 Å². The second-order valence-corrected chi connectivity index (χ2v) is 5.24. The Hall–Kier alpha value is -2.07. The molecule has 2 N–H and O–H groups in total. The van der Waals surface area contributed by atoms with Crippen LogP contribution in [0.3, 0.4) is 0 Å². The number of nitrogens with two attached hydrogens (primary N) is 1. The largest absolute Gasteiger partial charge is 0.398 e. The number of para-hydroxylation sites is 1. The second kappa shape index (κ2) is 5.28. The Morgan fingerprint density at radius 1 is 1.21 bits per heavy atom. The zero-order valence-corrected chi connectivity index (χ0v) is 11.3. The number of hydrogen-bond donors (Lipinski definition) is 1. The van der Waals surface area contributed by atoms with Crippen LogP contribution < -0.4 is 5.73 Å². The molecule has 0 saturated carbocycles. The van der Waals surface area contributed by atoms with E-state index in [1.165, 1.54) is 5.56 Å². The molecule has 4 heteroatoms. The molecule has 0 unspecified atom stereocenters. The van der Waals surface area contributed by atoms with Gasteiger partial charge in [0.05, 0.1) is 6.20 Å². The number of thiophene rings is 1. The number of anilines is 1. The number of rotatable bonds is 4. The summed E-state index contributed by atoms with van der Waals surface area (Å²) >= 11 is 1.73. The van der Waals surface area contributed by atoms with Gasteiger partial charge in [-0.25, -0.2) is 0 Å². The van der Waals surface area contributed by atoms with Gasteiger partial charge in [-0.3, -0.25) is 4.68 Å². The average molecular weight is 269 g/mol. The molecule has 3 rings (SSSR count). The smallest absolute Gasteiger partial charge is 0.0569 e. The minimum Gasteiger partial charge on any atom is -0.398 e. The van der Waals surface area contributed by atoms with Crippen LogP contribution in [0.5, 0.6) is 0 Å². The summed E-state index contributed by atoms with van der Waals surface area (Å²) < 4.78 is 1.97. The van der Waals surface area contributed by atoms with E-state index in [2.05, 4.69) is 28.1 Å². The summed E-state index contributed by atoms with van der Waals surface area (Å²) in [7, 11) is 0. The van der Waals surface area contributed by atoms with E-state index in [4.69, 9.17) is 5.73 Å². The molecule has 0 atom stereocenters. The lowest BCUT2D eigenvalue weighted by Gasteiger charge is -2.02. The van der Waals surface area contributed by atoms with Crippen molar-refractivity contribution in [1.82, 2.24) is 9.78 Å². The first-order chi connectivity index (χ1) is 9.33. The summed E-state index contributed by atoms with van der Waals surface area (Å²) in [6.45, 7) is 0.892. The van der Waals surface area contributed by atoms with Gasteiger partial charge < -0.3 is 5.73 Å². The number of hydrogen-bond acceptors (Lipinski definition) is 3. The third kappa shape index (κ3) is 2.69. The van der Waals surface area contributed by atoms with Crippen molar-refractivity contribution >= 4 is 17.0 Å². The highest BCUT2D eigenvalue weighted by atomic mass is 32.1. The summed E-state index contributed by atoms with van der Waals surface area (Å²) in [6, 6.07) is 10.0. The Kier molecular flexibility index (Phi) is 3.33. The Morgan fingerprint density at radius 2 is 2.11 bits per heavy atom. The molecule has 0 aliphatic carbocycles. The van der Waals surface area contributed by atoms with Gasteiger partial charge in [-0.05, 0) is 34.9 Å². The van der Waals surface area contributed by atoms with E-state index in [1.54, 1.807) is 11.3 Å². The van der Waals surface area contributed by atoms with Crippen molar-refractivity contribution in [3.8, 4) is 11.1 Å². The zero-order chi connectivity index (χ0) is 13.1. The van der Waals surface area contributed by atoms with Crippen LogP contribution in [-0.2, 0) is 13.0 Å². The maximum Gasteiger partial charge on any atom is 0.0569 e. The monoisotopic (exact) mass is 269 g/mol. The van der Waals surface area contributed by atoms with Gasteiger partial charge >= 0.3 is 0 Å². The van der Waals surface area contributed by atoms with Crippen molar-refractivity contribution in [2.24, 2.45) is 0 Å². The maximum atomic E-state index is 5.98. The van der Waals surface area contributed by atoms with Gasteiger partial charge in [-0.15, -0.1) is 0 Å². The topological polar surface area (TPSA) is 43.8 Å². The third-order valence-corrected chi connectivity index (χ3v) is 3.85. The molecule has 0 bridgehead atoms. The lowest BCUT2D eigenvalue weighted by Crippen LogP contribution is -2.00. The number of aryl methyl sites for hydroxylation is 2. The van der Waals surface area contributed by atoms with Crippen molar-refractivity contribution in [1.29, 1.82) is 0 Å². The van der Waals surface area contributed by atoms with Crippen molar-refractivity contribution in [2.75, 3.05) is 5.73 Å². The van der Waals surface area contributed by atoms with E-state index in [0.29, 0.717) is 0 Å². The van der Waals surface area contributed by atoms with Crippen LogP contribution in [0, 0.1) is 0 Å². The molecular formula is C15H15N3S. The fourth-order valence-electron chi connectivity index (χ4n) is 2.06. The summed E-state index contributed by atoms with van der Waals surface area (Å²) in [6.07, 6.45) is 4.94. The Balaban J connectivity index is 1.75. The molecule has 3 nitrogen and oxygen atoms in total. The van der Waals surface area contributed by atoms with Crippen molar-refractivity contribution in [3.63, 3.8) is 0 Å². The number of aromatic nitrogens is 2. The van der Waals surface area contributed by atoms with Gasteiger partial charge in [0, 0.05) is 29.6 Å². The zero-order valence-electron chi connectivity index (χ0n) is 10.5. The van der Waals surface area contributed by atoms with E-state index in [9.17, 15) is 0 Å². The molecule has 19 heavy (non-hydrogen) atoms. The normalized spacial score (nSPS) is 10.7. The quantitative estimate of drug-likeness (QED) is 0.737. The van der Waals surface area contributed by atoms with Crippen LogP contribution >= 0.6 is 11.3 Å². The third-order valence-electron chi connectivity index (χ3n) is 3.11. The molecule has 2 aromatic heterocycles. The molecule has 0 fully saturated rings. The first-order valence-electron chi connectivity index (χ1n) is 6.21. The van der Waals surface area contributed by atoms with Gasteiger partial charge in [0.2, 0.25) is 0 Å².